The third-order valence-electron chi connectivity index (χ3n) is 4.23. The van der Waals surface area contributed by atoms with Crippen molar-refractivity contribution in [3.63, 3.8) is 0 Å². The lowest BCUT2D eigenvalue weighted by Gasteiger charge is -2.41. The highest BCUT2D eigenvalue weighted by atomic mass is 16.6. The standard InChI is InChI=1S/C19H21NO7/c1-11(21)25-16-10-24-19(18(27-13(3)23)17(16)26-12(2)22)20-9-8-14-6-4-5-7-15(14)20/h4-9,16-19H,10H2,1-3H3/t16-,17+,18-,19-/m1/s1. The predicted octanol–water partition coefficient (Wildman–Crippen LogP) is 1.97. The van der Waals surface area contributed by atoms with Gasteiger partial charge in [0.1, 0.15) is 0 Å². The zero-order valence-corrected chi connectivity index (χ0v) is 15.3. The van der Waals surface area contributed by atoms with E-state index in [0.29, 0.717) is 0 Å². The van der Waals surface area contributed by atoms with Gasteiger partial charge in [0, 0.05) is 27.0 Å². The lowest BCUT2D eigenvalue weighted by molar-refractivity contribution is -0.239. The first-order valence-corrected chi connectivity index (χ1v) is 8.55. The van der Waals surface area contributed by atoms with Gasteiger partial charge in [-0.1, -0.05) is 18.2 Å². The fraction of sp³-hybridized carbons (Fsp3) is 0.421. The number of rotatable bonds is 4. The fourth-order valence-electron chi connectivity index (χ4n) is 3.29. The molecule has 1 aromatic heterocycles. The topological polar surface area (TPSA) is 93.1 Å². The molecule has 2 heterocycles. The van der Waals surface area contributed by atoms with E-state index in [9.17, 15) is 14.4 Å². The van der Waals surface area contributed by atoms with Crippen LogP contribution in [0.3, 0.4) is 0 Å². The number of benzene rings is 1. The van der Waals surface area contributed by atoms with Gasteiger partial charge in [-0.05, 0) is 17.5 Å². The summed E-state index contributed by atoms with van der Waals surface area (Å²) in [6.07, 6.45) is -1.79. The van der Waals surface area contributed by atoms with Crippen LogP contribution < -0.4 is 0 Å². The average molecular weight is 375 g/mol. The Morgan fingerprint density at radius 2 is 1.56 bits per heavy atom. The third kappa shape index (κ3) is 4.11. The van der Waals surface area contributed by atoms with E-state index in [1.165, 1.54) is 20.8 Å². The van der Waals surface area contributed by atoms with Crippen LogP contribution in [0.15, 0.2) is 36.5 Å². The number of hydrogen-bond donors (Lipinski definition) is 0. The molecular formula is C19H21NO7. The molecule has 1 aliphatic rings. The smallest absolute Gasteiger partial charge is 0.303 e. The van der Waals surface area contributed by atoms with Gasteiger partial charge in [0.2, 0.25) is 0 Å². The van der Waals surface area contributed by atoms with Crippen LogP contribution in [0.5, 0.6) is 0 Å². The second kappa shape index (κ2) is 7.79. The van der Waals surface area contributed by atoms with Gasteiger partial charge in [0.15, 0.2) is 24.5 Å². The molecule has 3 rings (SSSR count). The van der Waals surface area contributed by atoms with Crippen molar-refractivity contribution >= 4 is 28.8 Å². The van der Waals surface area contributed by atoms with E-state index < -0.39 is 42.4 Å². The molecule has 27 heavy (non-hydrogen) atoms. The maximum absolute atomic E-state index is 11.7. The number of carbonyl (C=O) groups excluding carboxylic acids is 3. The number of fused-ring (bicyclic) bond motifs is 1. The second-order valence-electron chi connectivity index (χ2n) is 6.30. The molecule has 0 aliphatic carbocycles. The van der Waals surface area contributed by atoms with E-state index in [2.05, 4.69) is 0 Å². The van der Waals surface area contributed by atoms with E-state index in [1.54, 1.807) is 0 Å². The number of esters is 3. The number of ether oxygens (including phenoxy) is 4. The molecule has 1 saturated heterocycles. The van der Waals surface area contributed by atoms with Crippen LogP contribution in [0.2, 0.25) is 0 Å². The van der Waals surface area contributed by atoms with Gasteiger partial charge in [-0.15, -0.1) is 0 Å². The Bertz CT molecular complexity index is 859. The number of para-hydroxylation sites is 1. The highest BCUT2D eigenvalue weighted by Crippen LogP contribution is 2.33. The molecule has 2 aromatic rings. The second-order valence-corrected chi connectivity index (χ2v) is 6.30. The van der Waals surface area contributed by atoms with Crippen LogP contribution >= 0.6 is 0 Å². The van der Waals surface area contributed by atoms with E-state index in [1.807, 2.05) is 41.1 Å². The van der Waals surface area contributed by atoms with E-state index in [0.717, 1.165) is 10.9 Å². The molecule has 8 heteroatoms. The van der Waals surface area contributed by atoms with Gasteiger partial charge in [0.05, 0.1) is 12.1 Å². The van der Waals surface area contributed by atoms with Crippen molar-refractivity contribution in [1.29, 1.82) is 0 Å². The molecule has 0 spiro atoms. The first-order chi connectivity index (χ1) is 12.9. The summed E-state index contributed by atoms with van der Waals surface area (Å²) in [5.74, 6) is -1.69. The van der Waals surface area contributed by atoms with Gasteiger partial charge >= 0.3 is 17.9 Å². The lowest BCUT2D eigenvalue weighted by Crippen LogP contribution is -2.55. The molecular weight excluding hydrogens is 354 g/mol. The minimum Gasteiger partial charge on any atom is -0.456 e. The normalized spacial score (nSPS) is 25.0. The van der Waals surface area contributed by atoms with Gasteiger partial charge < -0.3 is 23.5 Å². The fourth-order valence-corrected chi connectivity index (χ4v) is 3.29. The van der Waals surface area contributed by atoms with Crippen LogP contribution in [0, 0.1) is 0 Å². The first-order valence-electron chi connectivity index (χ1n) is 8.55. The van der Waals surface area contributed by atoms with Crippen LogP contribution in [0.4, 0.5) is 0 Å². The average Bonchev–Trinajstić information content (AvgIpc) is 3.00. The quantitative estimate of drug-likeness (QED) is 0.596. The van der Waals surface area contributed by atoms with E-state index in [-0.39, 0.29) is 6.61 Å². The Morgan fingerprint density at radius 1 is 0.926 bits per heavy atom. The number of aromatic nitrogens is 1. The van der Waals surface area contributed by atoms with Crippen molar-refractivity contribution in [2.75, 3.05) is 6.61 Å². The van der Waals surface area contributed by atoms with E-state index >= 15 is 0 Å². The van der Waals surface area contributed by atoms with Crippen LogP contribution in [-0.4, -0.2) is 47.4 Å². The van der Waals surface area contributed by atoms with Gasteiger partial charge in [0.25, 0.3) is 0 Å². The third-order valence-corrected chi connectivity index (χ3v) is 4.23. The largest absolute Gasteiger partial charge is 0.456 e. The summed E-state index contributed by atoms with van der Waals surface area (Å²) >= 11 is 0. The van der Waals surface area contributed by atoms with Crippen molar-refractivity contribution in [2.24, 2.45) is 0 Å². The summed E-state index contributed by atoms with van der Waals surface area (Å²) in [6.45, 7) is 3.74. The molecule has 144 valence electrons. The van der Waals surface area contributed by atoms with Crippen LogP contribution in [-0.2, 0) is 33.3 Å². The lowest BCUT2D eigenvalue weighted by atomic mass is 10.0. The Morgan fingerprint density at radius 3 is 2.22 bits per heavy atom. The van der Waals surface area contributed by atoms with Gasteiger partial charge in [-0.2, -0.15) is 0 Å². The number of carbonyl (C=O) groups is 3. The summed E-state index contributed by atoms with van der Waals surface area (Å²) < 4.78 is 23.7. The van der Waals surface area contributed by atoms with Crippen molar-refractivity contribution < 1.29 is 33.3 Å². The molecule has 0 amide bonds. The minimum atomic E-state index is -0.991. The molecule has 0 saturated carbocycles. The Kier molecular flexibility index (Phi) is 5.46. The maximum Gasteiger partial charge on any atom is 0.303 e. The molecule has 0 bridgehead atoms. The van der Waals surface area contributed by atoms with E-state index in [4.69, 9.17) is 18.9 Å². The van der Waals surface area contributed by atoms with Crippen LogP contribution in [0.25, 0.3) is 10.9 Å². The maximum atomic E-state index is 11.7. The zero-order chi connectivity index (χ0) is 19.6. The van der Waals surface area contributed by atoms with Crippen molar-refractivity contribution in [2.45, 2.75) is 45.3 Å². The van der Waals surface area contributed by atoms with Gasteiger partial charge in [-0.3, -0.25) is 14.4 Å². The summed E-state index contributed by atoms with van der Waals surface area (Å²) in [5, 5.41) is 0.980. The number of hydrogen-bond acceptors (Lipinski definition) is 7. The monoisotopic (exact) mass is 375 g/mol. The first kappa shape index (κ1) is 18.9. The minimum absolute atomic E-state index is 0.00748. The molecule has 0 unspecified atom stereocenters. The highest BCUT2D eigenvalue weighted by molar-refractivity contribution is 5.80. The Balaban J connectivity index is 2.01. The summed E-state index contributed by atoms with van der Waals surface area (Å²) in [5.41, 5.74) is 0.868. The van der Waals surface area contributed by atoms with Crippen molar-refractivity contribution in [3.8, 4) is 0 Å². The van der Waals surface area contributed by atoms with Crippen molar-refractivity contribution in [1.82, 2.24) is 4.57 Å². The number of nitrogens with zero attached hydrogens (tertiary/aromatic N) is 1. The molecule has 0 N–H and O–H groups in total. The Labute approximate surface area is 155 Å². The molecule has 1 aliphatic heterocycles. The summed E-state index contributed by atoms with van der Waals surface area (Å²) in [4.78, 5) is 34.8. The predicted molar refractivity (Wildman–Crippen MR) is 93.6 cm³/mol. The van der Waals surface area contributed by atoms with Gasteiger partial charge in [-0.25, -0.2) is 0 Å². The summed E-state index contributed by atoms with van der Waals surface area (Å²) in [7, 11) is 0. The van der Waals surface area contributed by atoms with Crippen molar-refractivity contribution in [3.05, 3.63) is 36.5 Å². The molecule has 4 atom stereocenters. The van der Waals surface area contributed by atoms with Crippen LogP contribution in [0.1, 0.15) is 27.0 Å². The molecule has 1 fully saturated rings. The Hall–Kier alpha value is -2.87. The zero-order valence-electron chi connectivity index (χ0n) is 15.3. The molecule has 1 aromatic carbocycles. The molecule has 0 radical (unpaired) electrons. The SMILES string of the molecule is CC(=O)O[C@@H]1[C@@H](OC(C)=O)[C@H](OC(C)=O)CO[C@H]1n1ccc2ccccc21. The highest BCUT2D eigenvalue weighted by Gasteiger charge is 2.47. The molecule has 8 nitrogen and oxygen atoms in total. The summed E-state index contributed by atoms with van der Waals surface area (Å²) in [6, 6.07) is 9.55.